The van der Waals surface area contributed by atoms with E-state index in [-0.39, 0.29) is 11.8 Å². The van der Waals surface area contributed by atoms with Crippen LogP contribution in [-0.2, 0) is 0 Å². The van der Waals surface area contributed by atoms with Gasteiger partial charge in [0.1, 0.15) is 5.70 Å². The maximum Gasteiger partial charge on any atom is 0.433 e. The highest BCUT2D eigenvalue weighted by Crippen LogP contribution is 2.31. The molecule has 0 radical (unpaired) electrons. The molecule has 1 rings (SSSR count). The maximum atomic E-state index is 12.1. The smallest absolute Gasteiger partial charge is 0.256 e. The van der Waals surface area contributed by atoms with Crippen LogP contribution in [0.15, 0.2) is 16.8 Å². The van der Waals surface area contributed by atoms with E-state index >= 15 is 0 Å². The monoisotopic (exact) mass is 177 g/mol. The molecule has 0 spiro atoms. The van der Waals surface area contributed by atoms with Crippen LogP contribution in [0, 0.1) is 11.8 Å². The van der Waals surface area contributed by atoms with Gasteiger partial charge in [-0.3, -0.25) is 4.99 Å². The van der Waals surface area contributed by atoms with E-state index in [9.17, 15) is 13.2 Å². The first-order valence-corrected chi connectivity index (χ1v) is 3.74. The van der Waals surface area contributed by atoms with Crippen molar-refractivity contribution in [3.63, 3.8) is 0 Å². The summed E-state index contributed by atoms with van der Waals surface area (Å²) >= 11 is 0. The molecule has 0 saturated carbocycles. The quantitative estimate of drug-likeness (QED) is 0.539. The van der Waals surface area contributed by atoms with Crippen LogP contribution in [0.5, 0.6) is 0 Å². The van der Waals surface area contributed by atoms with Crippen LogP contribution in [0.1, 0.15) is 13.8 Å². The van der Waals surface area contributed by atoms with Gasteiger partial charge in [-0.1, -0.05) is 19.9 Å². The van der Waals surface area contributed by atoms with Crippen molar-refractivity contribution in [2.45, 2.75) is 20.0 Å². The van der Waals surface area contributed by atoms with E-state index in [2.05, 4.69) is 4.99 Å². The van der Waals surface area contributed by atoms with Gasteiger partial charge < -0.3 is 0 Å². The van der Waals surface area contributed by atoms with Crippen molar-refractivity contribution in [1.29, 1.82) is 0 Å². The summed E-state index contributed by atoms with van der Waals surface area (Å²) in [4.78, 5) is 3.34. The van der Waals surface area contributed by atoms with Gasteiger partial charge in [-0.2, -0.15) is 13.2 Å². The first-order chi connectivity index (χ1) is 5.41. The number of alkyl halides is 3. The molecular formula is C8H10F3N. The van der Waals surface area contributed by atoms with Crippen molar-refractivity contribution in [2.75, 3.05) is 0 Å². The Balaban J connectivity index is 2.84. The summed E-state index contributed by atoms with van der Waals surface area (Å²) in [6.07, 6.45) is -1.77. The highest BCUT2D eigenvalue weighted by atomic mass is 19.4. The molecule has 0 aromatic heterocycles. The van der Waals surface area contributed by atoms with E-state index in [0.29, 0.717) is 0 Å². The van der Waals surface area contributed by atoms with E-state index in [4.69, 9.17) is 0 Å². The Bertz CT molecular complexity index is 227. The lowest BCUT2D eigenvalue weighted by Gasteiger charge is -2.19. The number of aliphatic imine (C=N–C) groups is 1. The maximum absolute atomic E-state index is 12.1. The van der Waals surface area contributed by atoms with Crippen LogP contribution in [-0.4, -0.2) is 12.4 Å². The summed E-state index contributed by atoms with van der Waals surface area (Å²) < 4.78 is 36.2. The minimum Gasteiger partial charge on any atom is -0.256 e. The Morgan fingerprint density at radius 1 is 1.25 bits per heavy atom. The Kier molecular flexibility index (Phi) is 2.26. The van der Waals surface area contributed by atoms with Crippen molar-refractivity contribution in [2.24, 2.45) is 16.8 Å². The second-order valence-corrected chi connectivity index (χ2v) is 3.05. The zero-order chi connectivity index (χ0) is 9.35. The SMILES string of the molecule is CC1C=NC(C(F)(F)F)=CC1C. The lowest BCUT2D eigenvalue weighted by atomic mass is 9.94. The molecule has 1 aliphatic rings. The average Bonchev–Trinajstić information content (AvgIpc) is 1.92. The van der Waals surface area contributed by atoms with Gasteiger partial charge in [0.05, 0.1) is 0 Å². The van der Waals surface area contributed by atoms with Crippen LogP contribution in [0.4, 0.5) is 13.2 Å². The Labute approximate surface area is 69.0 Å². The lowest BCUT2D eigenvalue weighted by molar-refractivity contribution is -0.0931. The minimum atomic E-state index is -4.30. The van der Waals surface area contributed by atoms with E-state index < -0.39 is 11.9 Å². The van der Waals surface area contributed by atoms with Gasteiger partial charge in [0.15, 0.2) is 0 Å². The molecule has 2 unspecified atom stereocenters. The van der Waals surface area contributed by atoms with Crippen LogP contribution in [0.25, 0.3) is 0 Å². The van der Waals surface area contributed by atoms with E-state index in [1.165, 1.54) is 12.3 Å². The molecule has 1 heterocycles. The normalized spacial score (nSPS) is 30.2. The van der Waals surface area contributed by atoms with Crippen molar-refractivity contribution < 1.29 is 13.2 Å². The molecule has 1 nitrogen and oxygen atoms in total. The molecule has 0 bridgehead atoms. The van der Waals surface area contributed by atoms with Crippen molar-refractivity contribution in [1.82, 2.24) is 0 Å². The third-order valence-corrected chi connectivity index (χ3v) is 1.99. The van der Waals surface area contributed by atoms with Gasteiger partial charge in [-0.25, -0.2) is 0 Å². The highest BCUT2D eigenvalue weighted by molar-refractivity contribution is 5.64. The molecule has 0 fully saturated rings. The number of hydrogen-bond acceptors (Lipinski definition) is 1. The highest BCUT2D eigenvalue weighted by Gasteiger charge is 2.35. The Hall–Kier alpha value is -0.800. The van der Waals surface area contributed by atoms with Crippen molar-refractivity contribution in [3.8, 4) is 0 Å². The van der Waals surface area contributed by atoms with Gasteiger partial charge in [0.25, 0.3) is 0 Å². The molecule has 0 aromatic carbocycles. The average molecular weight is 177 g/mol. The Morgan fingerprint density at radius 3 is 2.25 bits per heavy atom. The second kappa shape index (κ2) is 2.92. The number of nitrogens with zero attached hydrogens (tertiary/aromatic N) is 1. The molecule has 0 aromatic rings. The minimum absolute atomic E-state index is 0.0841. The first-order valence-electron chi connectivity index (χ1n) is 3.74. The standard InChI is InChI=1S/C8H10F3N/c1-5-3-7(8(9,10)11)12-4-6(5)2/h3-6H,1-2H3. The van der Waals surface area contributed by atoms with E-state index in [0.717, 1.165) is 0 Å². The molecule has 1 aliphatic heterocycles. The molecule has 2 atom stereocenters. The van der Waals surface area contributed by atoms with Gasteiger partial charge in [0.2, 0.25) is 0 Å². The molecular weight excluding hydrogens is 167 g/mol. The molecule has 0 N–H and O–H groups in total. The molecule has 12 heavy (non-hydrogen) atoms. The topological polar surface area (TPSA) is 12.4 Å². The molecule has 0 aliphatic carbocycles. The Morgan fingerprint density at radius 2 is 1.83 bits per heavy atom. The largest absolute Gasteiger partial charge is 0.433 e. The predicted octanol–water partition coefficient (Wildman–Crippen LogP) is 2.79. The summed E-state index contributed by atoms with van der Waals surface area (Å²) in [5, 5.41) is 0. The summed E-state index contributed by atoms with van der Waals surface area (Å²) in [5.74, 6) is 0.00947. The van der Waals surface area contributed by atoms with Crippen LogP contribution >= 0.6 is 0 Å². The van der Waals surface area contributed by atoms with Gasteiger partial charge in [-0.05, 0) is 11.8 Å². The zero-order valence-electron chi connectivity index (χ0n) is 6.89. The fraction of sp³-hybridized carbons (Fsp3) is 0.625. The zero-order valence-corrected chi connectivity index (χ0v) is 6.89. The van der Waals surface area contributed by atoms with E-state index in [1.807, 2.05) is 6.92 Å². The number of allylic oxidation sites excluding steroid dienone is 2. The summed E-state index contributed by atoms with van der Waals surface area (Å²) in [7, 11) is 0. The third kappa shape index (κ3) is 1.87. The van der Waals surface area contributed by atoms with Crippen LogP contribution in [0.3, 0.4) is 0 Å². The molecule has 0 amide bonds. The summed E-state index contributed by atoms with van der Waals surface area (Å²) in [5.41, 5.74) is -0.770. The first kappa shape index (κ1) is 9.29. The van der Waals surface area contributed by atoms with Crippen molar-refractivity contribution in [3.05, 3.63) is 11.8 Å². The lowest BCUT2D eigenvalue weighted by Crippen LogP contribution is -2.19. The molecule has 0 saturated heterocycles. The summed E-state index contributed by atoms with van der Waals surface area (Å²) in [6, 6.07) is 0. The number of halogens is 3. The summed E-state index contributed by atoms with van der Waals surface area (Å²) in [6.45, 7) is 3.60. The van der Waals surface area contributed by atoms with Gasteiger partial charge in [0, 0.05) is 6.21 Å². The van der Waals surface area contributed by atoms with Gasteiger partial charge >= 0.3 is 6.18 Å². The van der Waals surface area contributed by atoms with E-state index in [1.54, 1.807) is 6.92 Å². The second-order valence-electron chi connectivity index (χ2n) is 3.05. The van der Waals surface area contributed by atoms with Crippen LogP contribution in [0.2, 0.25) is 0 Å². The van der Waals surface area contributed by atoms with Crippen LogP contribution < -0.4 is 0 Å². The number of hydrogen-bond donors (Lipinski definition) is 0. The van der Waals surface area contributed by atoms with Crippen molar-refractivity contribution >= 4 is 6.21 Å². The fourth-order valence-corrected chi connectivity index (χ4v) is 0.945. The fourth-order valence-electron chi connectivity index (χ4n) is 0.945. The number of rotatable bonds is 0. The van der Waals surface area contributed by atoms with Gasteiger partial charge in [-0.15, -0.1) is 0 Å². The molecule has 68 valence electrons. The third-order valence-electron chi connectivity index (χ3n) is 1.99. The predicted molar refractivity (Wildman–Crippen MR) is 41.0 cm³/mol. The molecule has 4 heteroatoms.